The predicted molar refractivity (Wildman–Crippen MR) is 86.0 cm³/mol. The molecular weight excluding hydrogens is 244 g/mol. The number of rotatable bonds is 2. The van der Waals surface area contributed by atoms with Gasteiger partial charge in [0.25, 0.3) is 0 Å². The van der Waals surface area contributed by atoms with E-state index in [1.807, 2.05) is 54.6 Å². The molecule has 100 valence electrons. The Morgan fingerprint density at radius 2 is 1.25 bits per heavy atom. The lowest BCUT2D eigenvalue weighted by Crippen LogP contribution is -1.82. The molecule has 1 nitrogen and oxygen atoms in total. The molecule has 0 saturated carbocycles. The second kappa shape index (κ2) is 8.54. The summed E-state index contributed by atoms with van der Waals surface area (Å²) in [5, 5.41) is 0. The molecule has 2 aromatic carbocycles. The fraction of sp³-hybridized carbons (Fsp3) is 0.0526. The fourth-order valence-electron chi connectivity index (χ4n) is 1.67. The maximum absolute atomic E-state index is 4.80. The van der Waals surface area contributed by atoms with Crippen LogP contribution >= 0.6 is 0 Å². The van der Waals surface area contributed by atoms with Gasteiger partial charge in [0.15, 0.2) is 0 Å². The molecule has 0 fully saturated rings. The second-order valence-corrected chi connectivity index (χ2v) is 4.24. The predicted octanol–water partition coefficient (Wildman–Crippen LogP) is 4.94. The Balaban J connectivity index is 0.000000205. The van der Waals surface area contributed by atoms with Crippen LogP contribution in [-0.2, 0) is 4.74 Å². The number of ether oxygens (including phenoxy) is 1. The number of hydrogen-bond acceptors (Lipinski definition) is 1. The van der Waals surface area contributed by atoms with E-state index in [1.54, 1.807) is 6.26 Å². The van der Waals surface area contributed by atoms with Gasteiger partial charge in [-0.05, 0) is 23.3 Å². The van der Waals surface area contributed by atoms with Crippen molar-refractivity contribution in [1.82, 2.24) is 0 Å². The molecule has 1 aliphatic rings. The van der Waals surface area contributed by atoms with Crippen LogP contribution in [-0.4, -0.2) is 6.61 Å². The van der Waals surface area contributed by atoms with Crippen LogP contribution in [0.15, 0.2) is 85.2 Å². The lowest BCUT2D eigenvalue weighted by atomic mass is 10.1. The van der Waals surface area contributed by atoms with Crippen LogP contribution in [0.4, 0.5) is 0 Å². The van der Waals surface area contributed by atoms with Crippen LogP contribution in [0, 0.1) is 0 Å². The molecule has 0 radical (unpaired) electrons. The molecular formula is C19H18O. The Labute approximate surface area is 120 Å². The largest absolute Gasteiger partial charge is 0.497 e. The zero-order valence-corrected chi connectivity index (χ0v) is 11.4. The first-order chi connectivity index (χ1) is 9.95. The SMILES string of the molecule is C(=Cc1ccccc1)c1ccccc1.C1=CCOC=C1. The summed E-state index contributed by atoms with van der Waals surface area (Å²) in [4.78, 5) is 0. The van der Waals surface area contributed by atoms with Crippen molar-refractivity contribution in [3.05, 3.63) is 96.3 Å². The summed E-state index contributed by atoms with van der Waals surface area (Å²) in [7, 11) is 0. The van der Waals surface area contributed by atoms with Gasteiger partial charge in [-0.25, -0.2) is 0 Å². The molecule has 0 amide bonds. The molecule has 3 rings (SSSR count). The average Bonchev–Trinajstić information content (AvgIpc) is 2.57. The summed E-state index contributed by atoms with van der Waals surface area (Å²) in [6, 6.07) is 20.6. The Morgan fingerprint density at radius 3 is 1.55 bits per heavy atom. The summed E-state index contributed by atoms with van der Waals surface area (Å²) < 4.78 is 4.80. The highest BCUT2D eigenvalue weighted by molar-refractivity contribution is 5.69. The summed E-state index contributed by atoms with van der Waals surface area (Å²) >= 11 is 0. The topological polar surface area (TPSA) is 9.23 Å². The van der Waals surface area contributed by atoms with Crippen LogP contribution in [0.1, 0.15) is 11.1 Å². The zero-order chi connectivity index (χ0) is 13.9. The molecule has 0 aromatic heterocycles. The van der Waals surface area contributed by atoms with E-state index < -0.39 is 0 Å². The monoisotopic (exact) mass is 262 g/mol. The molecule has 0 bridgehead atoms. The van der Waals surface area contributed by atoms with Gasteiger partial charge in [-0.2, -0.15) is 0 Å². The van der Waals surface area contributed by atoms with Gasteiger partial charge in [0.1, 0.15) is 6.61 Å². The summed E-state index contributed by atoms with van der Waals surface area (Å²) in [6.07, 6.45) is 11.7. The van der Waals surface area contributed by atoms with Gasteiger partial charge in [0.2, 0.25) is 0 Å². The molecule has 1 aliphatic heterocycles. The van der Waals surface area contributed by atoms with Crippen molar-refractivity contribution in [2.75, 3.05) is 6.61 Å². The molecule has 0 unspecified atom stereocenters. The van der Waals surface area contributed by atoms with E-state index in [2.05, 4.69) is 36.4 Å². The highest BCUT2D eigenvalue weighted by Gasteiger charge is 1.84. The quantitative estimate of drug-likeness (QED) is 0.696. The van der Waals surface area contributed by atoms with Crippen molar-refractivity contribution in [2.24, 2.45) is 0 Å². The van der Waals surface area contributed by atoms with Crippen molar-refractivity contribution in [1.29, 1.82) is 0 Å². The first-order valence-electron chi connectivity index (χ1n) is 6.66. The van der Waals surface area contributed by atoms with Gasteiger partial charge in [-0.15, -0.1) is 0 Å². The molecule has 0 atom stereocenters. The Hall–Kier alpha value is -2.54. The standard InChI is InChI=1S/C14H12.C5H6O/c1-3-7-13(8-4-1)11-12-14-9-5-2-6-10-14;1-2-4-6-5-3-1/h1-12H;1-4H,5H2. The summed E-state index contributed by atoms with van der Waals surface area (Å²) in [5.74, 6) is 0. The van der Waals surface area contributed by atoms with Gasteiger partial charge in [-0.1, -0.05) is 78.9 Å². The van der Waals surface area contributed by atoms with Gasteiger partial charge < -0.3 is 4.74 Å². The van der Waals surface area contributed by atoms with E-state index in [1.165, 1.54) is 11.1 Å². The molecule has 2 aromatic rings. The third-order valence-corrected chi connectivity index (χ3v) is 2.68. The van der Waals surface area contributed by atoms with Crippen LogP contribution in [0.5, 0.6) is 0 Å². The normalized spacial score (nSPS) is 12.6. The lowest BCUT2D eigenvalue weighted by molar-refractivity contribution is 0.286. The van der Waals surface area contributed by atoms with E-state index >= 15 is 0 Å². The minimum atomic E-state index is 0.733. The van der Waals surface area contributed by atoms with Crippen molar-refractivity contribution < 1.29 is 4.74 Å². The Kier molecular flexibility index (Phi) is 5.93. The molecule has 0 N–H and O–H groups in total. The minimum Gasteiger partial charge on any atom is -0.497 e. The fourth-order valence-corrected chi connectivity index (χ4v) is 1.67. The average molecular weight is 262 g/mol. The summed E-state index contributed by atoms with van der Waals surface area (Å²) in [6.45, 7) is 0.733. The first kappa shape index (κ1) is 13.9. The highest BCUT2D eigenvalue weighted by Crippen LogP contribution is 2.06. The van der Waals surface area contributed by atoms with Crippen molar-refractivity contribution in [3.8, 4) is 0 Å². The lowest BCUT2D eigenvalue weighted by Gasteiger charge is -1.94. The van der Waals surface area contributed by atoms with Crippen LogP contribution in [0.25, 0.3) is 12.2 Å². The van der Waals surface area contributed by atoms with E-state index in [0.717, 1.165) is 6.61 Å². The molecule has 0 spiro atoms. The van der Waals surface area contributed by atoms with Crippen LogP contribution < -0.4 is 0 Å². The summed E-state index contributed by atoms with van der Waals surface area (Å²) in [5.41, 5.74) is 2.47. The van der Waals surface area contributed by atoms with Crippen LogP contribution in [0.3, 0.4) is 0 Å². The maximum Gasteiger partial charge on any atom is 0.106 e. The van der Waals surface area contributed by atoms with E-state index in [9.17, 15) is 0 Å². The van der Waals surface area contributed by atoms with Gasteiger partial charge >= 0.3 is 0 Å². The molecule has 0 aliphatic carbocycles. The van der Waals surface area contributed by atoms with Crippen molar-refractivity contribution in [3.63, 3.8) is 0 Å². The van der Waals surface area contributed by atoms with Crippen molar-refractivity contribution >= 4 is 12.2 Å². The van der Waals surface area contributed by atoms with E-state index in [4.69, 9.17) is 4.74 Å². The third-order valence-electron chi connectivity index (χ3n) is 2.68. The van der Waals surface area contributed by atoms with Gasteiger partial charge in [0, 0.05) is 0 Å². The van der Waals surface area contributed by atoms with Gasteiger partial charge in [-0.3, -0.25) is 0 Å². The third kappa shape index (κ3) is 5.40. The molecule has 1 heterocycles. The first-order valence-corrected chi connectivity index (χ1v) is 6.66. The van der Waals surface area contributed by atoms with E-state index in [-0.39, 0.29) is 0 Å². The van der Waals surface area contributed by atoms with E-state index in [0.29, 0.717) is 0 Å². The minimum absolute atomic E-state index is 0.733. The Bertz CT molecular complexity index is 512. The molecule has 1 heteroatoms. The van der Waals surface area contributed by atoms with Crippen LogP contribution in [0.2, 0.25) is 0 Å². The zero-order valence-electron chi connectivity index (χ0n) is 11.4. The van der Waals surface area contributed by atoms with Gasteiger partial charge in [0.05, 0.1) is 6.26 Å². The second-order valence-electron chi connectivity index (χ2n) is 4.24. The maximum atomic E-state index is 4.80. The number of hydrogen-bond donors (Lipinski definition) is 0. The molecule has 20 heavy (non-hydrogen) atoms. The highest BCUT2D eigenvalue weighted by atomic mass is 16.5. The van der Waals surface area contributed by atoms with Crippen molar-refractivity contribution in [2.45, 2.75) is 0 Å². The number of benzene rings is 2. The number of allylic oxidation sites excluding steroid dienone is 2. The molecule has 0 saturated heterocycles. The smallest absolute Gasteiger partial charge is 0.106 e. The Morgan fingerprint density at radius 1 is 0.700 bits per heavy atom.